The minimum absolute atomic E-state index is 0.171. The van der Waals surface area contributed by atoms with Crippen LogP contribution in [-0.4, -0.2) is 26.0 Å². The van der Waals surface area contributed by atoms with Gasteiger partial charge in [-0.05, 0) is 37.8 Å². The fourth-order valence-corrected chi connectivity index (χ4v) is 1.93. The molecule has 0 spiro atoms. The minimum Gasteiger partial charge on any atom is -0.359 e. The first-order chi connectivity index (χ1) is 6.16. The molecule has 0 bridgehead atoms. The van der Waals surface area contributed by atoms with Gasteiger partial charge in [0.2, 0.25) is 5.91 Å². The van der Waals surface area contributed by atoms with Crippen LogP contribution in [0.25, 0.3) is 0 Å². The molecule has 2 N–H and O–H groups in total. The van der Waals surface area contributed by atoms with Crippen molar-refractivity contribution in [2.45, 2.75) is 32.6 Å². The van der Waals surface area contributed by atoms with Gasteiger partial charge in [0.05, 0.1) is 0 Å². The fraction of sp³-hybridized carbons (Fsp3) is 0.900. The smallest absolute Gasteiger partial charge is 0.220 e. The monoisotopic (exact) mass is 184 g/mol. The Morgan fingerprint density at radius 3 is 2.92 bits per heavy atom. The Morgan fingerprint density at radius 2 is 2.23 bits per heavy atom. The van der Waals surface area contributed by atoms with E-state index >= 15 is 0 Å². The number of rotatable bonds is 2. The Labute approximate surface area is 80.3 Å². The van der Waals surface area contributed by atoms with Gasteiger partial charge in [0.1, 0.15) is 0 Å². The van der Waals surface area contributed by atoms with Crippen LogP contribution in [-0.2, 0) is 4.79 Å². The summed E-state index contributed by atoms with van der Waals surface area (Å²) >= 11 is 0. The third kappa shape index (κ3) is 3.35. The Kier molecular flexibility index (Phi) is 3.72. The van der Waals surface area contributed by atoms with Crippen LogP contribution in [0.4, 0.5) is 0 Å². The first kappa shape index (κ1) is 10.5. The van der Waals surface area contributed by atoms with Crippen molar-refractivity contribution in [1.29, 1.82) is 0 Å². The van der Waals surface area contributed by atoms with Gasteiger partial charge in [-0.1, -0.05) is 6.92 Å². The normalized spacial score (nSPS) is 29.4. The van der Waals surface area contributed by atoms with Crippen molar-refractivity contribution in [2.24, 2.45) is 5.41 Å². The van der Waals surface area contributed by atoms with Gasteiger partial charge in [0, 0.05) is 13.5 Å². The molecule has 3 nitrogen and oxygen atoms in total. The second-order valence-corrected chi connectivity index (χ2v) is 4.26. The lowest BCUT2D eigenvalue weighted by Gasteiger charge is -2.26. The molecule has 0 aromatic carbocycles. The van der Waals surface area contributed by atoms with Gasteiger partial charge in [-0.25, -0.2) is 0 Å². The highest BCUT2D eigenvalue weighted by molar-refractivity contribution is 5.76. The summed E-state index contributed by atoms with van der Waals surface area (Å²) in [5.41, 5.74) is 0.212. The van der Waals surface area contributed by atoms with Gasteiger partial charge >= 0.3 is 0 Å². The molecule has 13 heavy (non-hydrogen) atoms. The van der Waals surface area contributed by atoms with Gasteiger partial charge in [-0.15, -0.1) is 0 Å². The molecule has 1 unspecified atom stereocenters. The van der Waals surface area contributed by atoms with E-state index in [2.05, 4.69) is 17.6 Å². The summed E-state index contributed by atoms with van der Waals surface area (Å²) in [6.07, 6.45) is 4.13. The summed E-state index contributed by atoms with van der Waals surface area (Å²) in [5.74, 6) is 0.171. The third-order valence-corrected chi connectivity index (χ3v) is 2.91. The van der Waals surface area contributed by atoms with Crippen molar-refractivity contribution < 1.29 is 4.79 Å². The van der Waals surface area contributed by atoms with E-state index in [1.807, 2.05) is 0 Å². The minimum atomic E-state index is 0.171. The zero-order valence-electron chi connectivity index (χ0n) is 8.65. The van der Waals surface area contributed by atoms with E-state index in [-0.39, 0.29) is 11.3 Å². The second-order valence-electron chi connectivity index (χ2n) is 4.26. The van der Waals surface area contributed by atoms with Gasteiger partial charge in [-0.3, -0.25) is 4.79 Å². The van der Waals surface area contributed by atoms with Crippen molar-refractivity contribution in [3.05, 3.63) is 0 Å². The number of carbonyl (C=O) groups is 1. The van der Waals surface area contributed by atoms with Gasteiger partial charge in [-0.2, -0.15) is 0 Å². The molecule has 1 rings (SSSR count). The van der Waals surface area contributed by atoms with Crippen LogP contribution in [0.15, 0.2) is 0 Å². The summed E-state index contributed by atoms with van der Waals surface area (Å²) in [7, 11) is 1.71. The molecule has 0 radical (unpaired) electrons. The van der Waals surface area contributed by atoms with Crippen LogP contribution >= 0.6 is 0 Å². The van der Waals surface area contributed by atoms with E-state index in [4.69, 9.17) is 0 Å². The van der Waals surface area contributed by atoms with Crippen LogP contribution < -0.4 is 10.6 Å². The van der Waals surface area contributed by atoms with E-state index in [0.29, 0.717) is 6.42 Å². The molecule has 1 fully saturated rings. The molecule has 1 amide bonds. The first-order valence-electron chi connectivity index (χ1n) is 5.08. The predicted octanol–water partition coefficient (Wildman–Crippen LogP) is 0.902. The lowest BCUT2D eigenvalue weighted by molar-refractivity contribution is -0.122. The maximum atomic E-state index is 11.3. The standard InChI is InChI=1S/C10H20N2O/c1-10(8-9(13)11-2)4-3-6-12-7-5-10/h12H,3-8H2,1-2H3,(H,11,13). The second kappa shape index (κ2) is 4.61. The topological polar surface area (TPSA) is 41.1 Å². The Morgan fingerprint density at radius 1 is 1.46 bits per heavy atom. The van der Waals surface area contributed by atoms with Crippen molar-refractivity contribution in [1.82, 2.24) is 10.6 Å². The first-order valence-corrected chi connectivity index (χ1v) is 5.08. The molecule has 1 saturated heterocycles. The molecule has 0 aromatic heterocycles. The van der Waals surface area contributed by atoms with Crippen molar-refractivity contribution in [2.75, 3.05) is 20.1 Å². The molecule has 0 aromatic rings. The molecule has 1 heterocycles. The Bertz CT molecular complexity index is 172. The summed E-state index contributed by atoms with van der Waals surface area (Å²) in [5, 5.41) is 6.06. The molecule has 0 aliphatic carbocycles. The molecular weight excluding hydrogens is 164 g/mol. The molecule has 1 atom stereocenters. The highest BCUT2D eigenvalue weighted by atomic mass is 16.1. The van der Waals surface area contributed by atoms with Crippen LogP contribution in [0.2, 0.25) is 0 Å². The highest BCUT2D eigenvalue weighted by Crippen LogP contribution is 2.32. The molecule has 1 aliphatic heterocycles. The Balaban J connectivity index is 2.46. The van der Waals surface area contributed by atoms with E-state index in [9.17, 15) is 4.79 Å². The zero-order chi connectivity index (χ0) is 9.73. The Hall–Kier alpha value is -0.570. The maximum absolute atomic E-state index is 11.3. The largest absolute Gasteiger partial charge is 0.359 e. The summed E-state index contributed by atoms with van der Waals surface area (Å²) in [4.78, 5) is 11.3. The molecule has 0 saturated carbocycles. The maximum Gasteiger partial charge on any atom is 0.220 e. The van der Waals surface area contributed by atoms with Crippen molar-refractivity contribution in [3.63, 3.8) is 0 Å². The van der Waals surface area contributed by atoms with E-state index in [1.54, 1.807) is 7.05 Å². The number of hydrogen-bond acceptors (Lipinski definition) is 2. The average molecular weight is 184 g/mol. The summed E-state index contributed by atoms with van der Waals surface area (Å²) < 4.78 is 0. The van der Waals surface area contributed by atoms with Crippen LogP contribution in [0.3, 0.4) is 0 Å². The van der Waals surface area contributed by atoms with Crippen LogP contribution in [0, 0.1) is 5.41 Å². The van der Waals surface area contributed by atoms with Crippen molar-refractivity contribution >= 4 is 5.91 Å². The van der Waals surface area contributed by atoms with E-state index in [1.165, 1.54) is 6.42 Å². The van der Waals surface area contributed by atoms with Crippen LogP contribution in [0.1, 0.15) is 32.6 Å². The van der Waals surface area contributed by atoms with Gasteiger partial charge in [0.25, 0.3) is 0 Å². The molecule has 3 heteroatoms. The average Bonchev–Trinajstić information content (AvgIpc) is 2.30. The van der Waals surface area contributed by atoms with Gasteiger partial charge < -0.3 is 10.6 Å². The highest BCUT2D eigenvalue weighted by Gasteiger charge is 2.27. The number of nitrogens with one attached hydrogen (secondary N) is 2. The predicted molar refractivity (Wildman–Crippen MR) is 53.5 cm³/mol. The van der Waals surface area contributed by atoms with E-state index in [0.717, 1.165) is 25.9 Å². The quantitative estimate of drug-likeness (QED) is 0.669. The fourth-order valence-electron chi connectivity index (χ4n) is 1.93. The van der Waals surface area contributed by atoms with Crippen molar-refractivity contribution in [3.8, 4) is 0 Å². The zero-order valence-corrected chi connectivity index (χ0v) is 8.65. The third-order valence-electron chi connectivity index (χ3n) is 2.91. The van der Waals surface area contributed by atoms with E-state index < -0.39 is 0 Å². The lowest BCUT2D eigenvalue weighted by atomic mass is 9.79. The molecule has 1 aliphatic rings. The number of carbonyl (C=O) groups excluding carboxylic acids is 1. The summed E-state index contributed by atoms with van der Waals surface area (Å²) in [6, 6.07) is 0. The summed E-state index contributed by atoms with van der Waals surface area (Å²) in [6.45, 7) is 4.37. The number of hydrogen-bond donors (Lipinski definition) is 2. The van der Waals surface area contributed by atoms with Crippen LogP contribution in [0.5, 0.6) is 0 Å². The molecule has 76 valence electrons. The molecular formula is C10H20N2O. The van der Waals surface area contributed by atoms with Gasteiger partial charge in [0.15, 0.2) is 0 Å². The SMILES string of the molecule is CNC(=O)CC1(C)CCCNCC1. The number of amides is 1. The lowest BCUT2D eigenvalue weighted by Crippen LogP contribution is -2.28.